The third-order valence-corrected chi connectivity index (χ3v) is 8.68. The number of benzene rings is 3. The van der Waals surface area contributed by atoms with E-state index in [4.69, 9.17) is 9.72 Å². The minimum atomic E-state index is -3.63. The molecule has 3 aromatic carbocycles. The lowest BCUT2D eigenvalue weighted by Gasteiger charge is -2.26. The quantitative estimate of drug-likeness (QED) is 0.406. The van der Waals surface area contributed by atoms with Gasteiger partial charge in [0.2, 0.25) is 10.0 Å². The summed E-state index contributed by atoms with van der Waals surface area (Å²) < 4.78 is 33.6. The molecule has 5 rings (SSSR count). The maximum absolute atomic E-state index is 13.8. The Bertz CT molecular complexity index is 1410. The third-order valence-electron chi connectivity index (χ3n) is 5.74. The predicted octanol–water partition coefficient (Wildman–Crippen LogP) is 4.60. The first-order chi connectivity index (χ1) is 16.4. The number of carbonyl (C=O) groups excluding carboxylic acids is 1. The molecule has 0 saturated carbocycles. The molecule has 0 N–H and O–H groups in total. The summed E-state index contributed by atoms with van der Waals surface area (Å²) in [5.41, 5.74) is 2.86. The fraction of sp³-hybridized carbons (Fsp3) is 0.200. The number of hydrogen-bond acceptors (Lipinski definition) is 6. The van der Waals surface area contributed by atoms with E-state index >= 15 is 0 Å². The maximum atomic E-state index is 13.8. The fourth-order valence-electron chi connectivity index (χ4n) is 3.90. The molecule has 0 atom stereocenters. The second-order valence-electron chi connectivity index (χ2n) is 7.93. The Morgan fingerprint density at radius 1 is 0.971 bits per heavy atom. The van der Waals surface area contributed by atoms with Crippen LogP contribution in [0.2, 0.25) is 0 Å². The molecule has 1 fully saturated rings. The van der Waals surface area contributed by atoms with Gasteiger partial charge in [0.1, 0.15) is 0 Å². The van der Waals surface area contributed by atoms with Gasteiger partial charge < -0.3 is 4.74 Å². The molecule has 1 aromatic heterocycles. The first-order valence-corrected chi connectivity index (χ1v) is 13.1. The van der Waals surface area contributed by atoms with Crippen molar-refractivity contribution in [2.75, 3.05) is 31.2 Å². The van der Waals surface area contributed by atoms with Gasteiger partial charge >= 0.3 is 0 Å². The first kappa shape index (κ1) is 22.7. The third kappa shape index (κ3) is 4.23. The van der Waals surface area contributed by atoms with Crippen LogP contribution in [0.5, 0.6) is 0 Å². The van der Waals surface area contributed by atoms with E-state index in [-0.39, 0.29) is 10.8 Å². The number of morpholine rings is 1. The van der Waals surface area contributed by atoms with Crippen molar-refractivity contribution in [1.29, 1.82) is 0 Å². The summed E-state index contributed by atoms with van der Waals surface area (Å²) in [6, 6.07) is 21.5. The molecule has 1 amide bonds. The highest BCUT2D eigenvalue weighted by molar-refractivity contribution is 7.89. The Morgan fingerprint density at radius 2 is 1.65 bits per heavy atom. The molecule has 34 heavy (non-hydrogen) atoms. The number of hydrogen-bond donors (Lipinski definition) is 0. The van der Waals surface area contributed by atoms with Crippen LogP contribution in [-0.2, 0) is 14.8 Å². The maximum Gasteiger partial charge on any atom is 0.264 e. The van der Waals surface area contributed by atoms with E-state index in [2.05, 4.69) is 0 Å². The Labute approximate surface area is 202 Å². The van der Waals surface area contributed by atoms with Crippen LogP contribution in [0.4, 0.5) is 10.8 Å². The van der Waals surface area contributed by atoms with Crippen LogP contribution in [0.1, 0.15) is 15.9 Å². The van der Waals surface area contributed by atoms with Gasteiger partial charge in [0.15, 0.2) is 5.13 Å². The highest BCUT2D eigenvalue weighted by Crippen LogP contribution is 2.36. The number of amides is 1. The highest BCUT2D eigenvalue weighted by atomic mass is 32.2. The topological polar surface area (TPSA) is 79.8 Å². The summed E-state index contributed by atoms with van der Waals surface area (Å²) in [5, 5.41) is 0.561. The van der Waals surface area contributed by atoms with Gasteiger partial charge in [-0.25, -0.2) is 13.4 Å². The number of aromatic nitrogens is 1. The van der Waals surface area contributed by atoms with Crippen molar-refractivity contribution in [3.8, 4) is 0 Å². The molecular weight excluding hydrogens is 470 g/mol. The Kier molecular flexibility index (Phi) is 6.18. The average molecular weight is 494 g/mol. The van der Waals surface area contributed by atoms with Crippen molar-refractivity contribution >= 4 is 48.3 Å². The zero-order valence-corrected chi connectivity index (χ0v) is 20.2. The van der Waals surface area contributed by atoms with Gasteiger partial charge in [-0.1, -0.05) is 41.7 Å². The molecule has 174 valence electrons. The summed E-state index contributed by atoms with van der Waals surface area (Å²) in [5.74, 6) is -0.274. The molecule has 7 nitrogen and oxygen atoms in total. The van der Waals surface area contributed by atoms with Gasteiger partial charge in [0.05, 0.1) is 34.0 Å². The van der Waals surface area contributed by atoms with Gasteiger partial charge in [-0.2, -0.15) is 4.31 Å². The van der Waals surface area contributed by atoms with Crippen molar-refractivity contribution in [3.05, 3.63) is 83.9 Å². The SMILES string of the molecule is Cc1ccccc1N(C(=O)c1ccc(S(=O)(=O)N2CCOCC2)cc1)c1nc2ccccc2s1. The molecule has 1 saturated heterocycles. The van der Waals surface area contributed by atoms with Crippen molar-refractivity contribution < 1.29 is 17.9 Å². The summed E-state index contributed by atoms with van der Waals surface area (Å²) in [6.45, 7) is 3.34. The number of nitrogens with zero attached hydrogens (tertiary/aromatic N) is 3. The lowest BCUT2D eigenvalue weighted by atomic mass is 10.1. The Hall–Kier alpha value is -3.11. The number of fused-ring (bicyclic) bond motifs is 1. The van der Waals surface area contributed by atoms with E-state index in [0.29, 0.717) is 37.0 Å². The molecule has 1 aliphatic rings. The van der Waals surface area contributed by atoms with Crippen LogP contribution in [0, 0.1) is 6.92 Å². The van der Waals surface area contributed by atoms with Crippen LogP contribution in [0.15, 0.2) is 77.7 Å². The van der Waals surface area contributed by atoms with Crippen molar-refractivity contribution in [3.63, 3.8) is 0 Å². The van der Waals surface area contributed by atoms with Crippen LogP contribution in [0.25, 0.3) is 10.2 Å². The second kappa shape index (κ2) is 9.27. The van der Waals surface area contributed by atoms with Crippen molar-refractivity contribution in [2.45, 2.75) is 11.8 Å². The second-order valence-corrected chi connectivity index (χ2v) is 10.9. The summed E-state index contributed by atoms with van der Waals surface area (Å²) in [4.78, 5) is 20.2. The molecule has 4 aromatic rings. The van der Waals surface area contributed by atoms with Gasteiger partial charge in [-0.3, -0.25) is 9.69 Å². The molecule has 0 radical (unpaired) electrons. The van der Waals surface area contributed by atoms with Gasteiger partial charge in [0.25, 0.3) is 5.91 Å². The highest BCUT2D eigenvalue weighted by Gasteiger charge is 2.28. The predicted molar refractivity (Wildman–Crippen MR) is 133 cm³/mol. The monoisotopic (exact) mass is 493 g/mol. The van der Waals surface area contributed by atoms with Crippen molar-refractivity contribution in [2.24, 2.45) is 0 Å². The van der Waals surface area contributed by atoms with Crippen LogP contribution < -0.4 is 4.90 Å². The van der Waals surface area contributed by atoms with Gasteiger partial charge in [0, 0.05) is 18.7 Å². The van der Waals surface area contributed by atoms with E-state index in [1.165, 1.54) is 27.8 Å². The molecule has 2 heterocycles. The molecule has 0 spiro atoms. The lowest BCUT2D eigenvalue weighted by molar-refractivity contribution is 0.0730. The number of aryl methyl sites for hydroxylation is 1. The normalized spacial score (nSPS) is 14.9. The van der Waals surface area contributed by atoms with E-state index in [9.17, 15) is 13.2 Å². The Balaban J connectivity index is 1.52. The van der Waals surface area contributed by atoms with Crippen LogP contribution in [0.3, 0.4) is 0 Å². The number of carbonyl (C=O) groups is 1. The van der Waals surface area contributed by atoms with E-state index in [1.807, 2.05) is 55.5 Å². The van der Waals surface area contributed by atoms with Gasteiger partial charge in [-0.05, 0) is 55.0 Å². The average Bonchev–Trinajstić information content (AvgIpc) is 3.29. The molecular formula is C25H23N3O4S2. The van der Waals surface area contributed by atoms with E-state index < -0.39 is 10.0 Å². The largest absolute Gasteiger partial charge is 0.379 e. The smallest absolute Gasteiger partial charge is 0.264 e. The van der Waals surface area contributed by atoms with E-state index in [1.54, 1.807) is 17.0 Å². The zero-order valence-electron chi connectivity index (χ0n) is 18.5. The van der Waals surface area contributed by atoms with E-state index in [0.717, 1.165) is 21.5 Å². The zero-order chi connectivity index (χ0) is 23.7. The lowest BCUT2D eigenvalue weighted by Crippen LogP contribution is -2.40. The number of anilines is 2. The first-order valence-electron chi connectivity index (χ1n) is 10.9. The fourth-order valence-corrected chi connectivity index (χ4v) is 6.29. The van der Waals surface area contributed by atoms with Gasteiger partial charge in [-0.15, -0.1) is 0 Å². The molecule has 0 aliphatic carbocycles. The number of rotatable bonds is 5. The van der Waals surface area contributed by atoms with Crippen LogP contribution in [-0.4, -0.2) is 49.9 Å². The summed E-state index contributed by atoms with van der Waals surface area (Å²) >= 11 is 1.44. The number of ether oxygens (including phenoxy) is 1. The molecule has 1 aliphatic heterocycles. The Morgan fingerprint density at radius 3 is 2.35 bits per heavy atom. The minimum Gasteiger partial charge on any atom is -0.379 e. The molecule has 0 unspecified atom stereocenters. The summed E-state index contributed by atoms with van der Waals surface area (Å²) in [6.07, 6.45) is 0. The van der Waals surface area contributed by atoms with Crippen LogP contribution >= 0.6 is 11.3 Å². The standard InChI is InChI=1S/C25H23N3O4S2/c1-18-6-2-4-8-22(18)28(25-26-21-7-3-5-9-23(21)33-25)24(29)19-10-12-20(13-11-19)34(30,31)27-14-16-32-17-15-27/h2-13H,14-17H2,1H3. The molecule has 0 bridgehead atoms. The van der Waals surface area contributed by atoms with Crippen molar-refractivity contribution in [1.82, 2.24) is 9.29 Å². The summed E-state index contributed by atoms with van der Waals surface area (Å²) in [7, 11) is -3.63. The number of sulfonamides is 1. The minimum absolute atomic E-state index is 0.161. The number of thiazole rings is 1. The number of para-hydroxylation sites is 2. The molecule has 9 heteroatoms.